The van der Waals surface area contributed by atoms with Gasteiger partial charge in [0.25, 0.3) is 5.56 Å². The van der Waals surface area contributed by atoms with E-state index in [0.717, 1.165) is 23.5 Å². The van der Waals surface area contributed by atoms with Crippen molar-refractivity contribution in [1.82, 2.24) is 4.98 Å². The molecule has 132 valence electrons. The zero-order valence-corrected chi connectivity index (χ0v) is 14.4. The number of nitrogen functional groups attached to an aromatic ring is 1. The number of aromatic nitrogens is 1. The van der Waals surface area contributed by atoms with E-state index in [-0.39, 0.29) is 11.4 Å². The van der Waals surface area contributed by atoms with Crippen molar-refractivity contribution in [3.05, 3.63) is 45.7 Å². The van der Waals surface area contributed by atoms with Gasteiger partial charge in [-0.1, -0.05) is 25.5 Å². The summed E-state index contributed by atoms with van der Waals surface area (Å²) >= 11 is 1.65. The topological polar surface area (TPSA) is 133 Å². The van der Waals surface area contributed by atoms with Gasteiger partial charge in [0.2, 0.25) is 0 Å². The number of nitrogens with one attached hydrogen (secondary N) is 1. The number of nitrogens with two attached hydrogens (primary N) is 1. The summed E-state index contributed by atoms with van der Waals surface area (Å²) in [5.74, 6) is -2.35. The number of H-pyrrole nitrogens is 1. The molecule has 1 heterocycles. The summed E-state index contributed by atoms with van der Waals surface area (Å²) in [6.07, 6.45) is 2.16. The molecule has 0 aliphatic rings. The van der Waals surface area contributed by atoms with E-state index in [4.69, 9.17) is 5.73 Å². The third-order valence-electron chi connectivity index (χ3n) is 3.58. The first-order valence-electron chi connectivity index (χ1n) is 7.62. The quantitative estimate of drug-likeness (QED) is 0.439. The summed E-state index contributed by atoms with van der Waals surface area (Å²) in [6, 6.07) is 6.73. The molecule has 1 aromatic heterocycles. The monoisotopic (exact) mass is 362 g/mol. The Morgan fingerprint density at radius 2 is 1.72 bits per heavy atom. The van der Waals surface area contributed by atoms with Crippen molar-refractivity contribution in [1.29, 1.82) is 0 Å². The summed E-state index contributed by atoms with van der Waals surface area (Å²) in [5, 5.41) is 18.7. The molecule has 0 saturated heterocycles. The first kappa shape index (κ1) is 18.6. The Morgan fingerprint density at radius 3 is 2.24 bits per heavy atom. The van der Waals surface area contributed by atoms with Gasteiger partial charge in [-0.05, 0) is 29.9 Å². The molecule has 0 bridgehead atoms. The molecule has 25 heavy (non-hydrogen) atoms. The SMILES string of the molecule is CCCCSc1ccc(-c2c(C(=O)O)c(N)[nH]c(=O)c2C(=O)O)cc1. The molecule has 0 unspecified atom stereocenters. The number of anilines is 1. The van der Waals surface area contributed by atoms with Crippen LogP contribution in [-0.4, -0.2) is 32.9 Å². The highest BCUT2D eigenvalue weighted by atomic mass is 32.2. The Kier molecular flexibility index (Phi) is 5.87. The highest BCUT2D eigenvalue weighted by molar-refractivity contribution is 7.99. The number of rotatable bonds is 7. The van der Waals surface area contributed by atoms with E-state index < -0.39 is 28.6 Å². The molecule has 0 saturated carbocycles. The van der Waals surface area contributed by atoms with Crippen LogP contribution in [0, 0.1) is 0 Å². The molecule has 0 fully saturated rings. The highest BCUT2D eigenvalue weighted by Gasteiger charge is 2.26. The van der Waals surface area contributed by atoms with E-state index in [9.17, 15) is 24.6 Å². The summed E-state index contributed by atoms with van der Waals surface area (Å²) in [7, 11) is 0. The first-order chi connectivity index (χ1) is 11.9. The molecule has 5 N–H and O–H groups in total. The number of hydrogen-bond acceptors (Lipinski definition) is 5. The van der Waals surface area contributed by atoms with Gasteiger partial charge in [-0.3, -0.25) is 4.79 Å². The van der Waals surface area contributed by atoms with Gasteiger partial charge in [-0.25, -0.2) is 9.59 Å². The highest BCUT2D eigenvalue weighted by Crippen LogP contribution is 2.31. The molecule has 0 spiro atoms. The Morgan fingerprint density at radius 1 is 1.12 bits per heavy atom. The van der Waals surface area contributed by atoms with Crippen LogP contribution < -0.4 is 11.3 Å². The molecule has 0 radical (unpaired) electrons. The van der Waals surface area contributed by atoms with Gasteiger partial charge in [0.05, 0.1) is 0 Å². The van der Waals surface area contributed by atoms with Crippen molar-refractivity contribution in [2.45, 2.75) is 24.7 Å². The van der Waals surface area contributed by atoms with Gasteiger partial charge in [0, 0.05) is 10.5 Å². The number of carboxylic acids is 2. The van der Waals surface area contributed by atoms with Crippen LogP contribution in [0.2, 0.25) is 0 Å². The number of aromatic carboxylic acids is 2. The van der Waals surface area contributed by atoms with Crippen LogP contribution in [0.25, 0.3) is 11.1 Å². The molecule has 2 rings (SSSR count). The maximum absolute atomic E-state index is 12.0. The van der Waals surface area contributed by atoms with E-state index in [1.54, 1.807) is 36.0 Å². The molecule has 7 nitrogen and oxygen atoms in total. The fourth-order valence-electron chi connectivity index (χ4n) is 2.39. The lowest BCUT2D eigenvalue weighted by Gasteiger charge is -2.12. The van der Waals surface area contributed by atoms with Gasteiger partial charge in [0.1, 0.15) is 16.9 Å². The van der Waals surface area contributed by atoms with Crippen molar-refractivity contribution in [2.24, 2.45) is 0 Å². The molecule has 2 aromatic rings. The molecule has 1 aromatic carbocycles. The number of benzene rings is 1. The number of aromatic amines is 1. The summed E-state index contributed by atoms with van der Waals surface area (Å²) < 4.78 is 0. The number of carbonyl (C=O) groups is 2. The second kappa shape index (κ2) is 7.89. The second-order valence-corrected chi connectivity index (χ2v) is 6.50. The van der Waals surface area contributed by atoms with Crippen molar-refractivity contribution in [3.63, 3.8) is 0 Å². The molecule has 8 heteroatoms. The average molecular weight is 362 g/mol. The Hall–Kier alpha value is -2.74. The Balaban J connectivity index is 2.59. The van der Waals surface area contributed by atoms with Crippen LogP contribution in [-0.2, 0) is 0 Å². The number of unbranched alkanes of at least 4 members (excludes halogenated alkanes) is 1. The lowest BCUT2D eigenvalue weighted by Crippen LogP contribution is -2.24. The standard InChI is InChI=1S/C17H18N2O5S/c1-2-3-8-25-10-6-4-9(5-7-10)11-12(16(21)22)14(18)19-15(20)13(11)17(23)24/h4-7H,2-3,8H2,1H3,(H,21,22)(H,23,24)(H3,18,19,20). The van der Waals surface area contributed by atoms with E-state index in [1.165, 1.54) is 0 Å². The zero-order chi connectivity index (χ0) is 18.6. The third-order valence-corrected chi connectivity index (χ3v) is 4.68. The van der Waals surface area contributed by atoms with Crippen LogP contribution in [0.4, 0.5) is 5.82 Å². The minimum absolute atomic E-state index is 0.189. The Labute approximate surface area is 147 Å². The minimum Gasteiger partial charge on any atom is -0.478 e. The lowest BCUT2D eigenvalue weighted by molar-refractivity contribution is 0.0695. The van der Waals surface area contributed by atoms with Crippen molar-refractivity contribution >= 4 is 29.5 Å². The van der Waals surface area contributed by atoms with Crippen molar-refractivity contribution in [3.8, 4) is 11.1 Å². The van der Waals surface area contributed by atoms with Crippen LogP contribution in [0.1, 0.15) is 40.5 Å². The first-order valence-corrected chi connectivity index (χ1v) is 8.61. The van der Waals surface area contributed by atoms with Crippen LogP contribution >= 0.6 is 11.8 Å². The fraction of sp³-hybridized carbons (Fsp3) is 0.235. The summed E-state index contributed by atoms with van der Waals surface area (Å²) in [4.78, 5) is 38.1. The zero-order valence-electron chi connectivity index (χ0n) is 13.5. The maximum atomic E-state index is 12.0. The minimum atomic E-state index is -1.51. The molecule has 0 aliphatic heterocycles. The fourth-order valence-corrected chi connectivity index (χ4v) is 3.38. The van der Waals surface area contributed by atoms with Crippen molar-refractivity contribution < 1.29 is 19.8 Å². The average Bonchev–Trinajstić information content (AvgIpc) is 2.54. The number of pyridine rings is 1. The predicted octanol–water partition coefficient (Wildman–Crippen LogP) is 2.91. The lowest BCUT2D eigenvalue weighted by atomic mass is 9.95. The molecular formula is C17H18N2O5S. The smallest absolute Gasteiger partial charge is 0.342 e. The van der Waals surface area contributed by atoms with Crippen molar-refractivity contribution in [2.75, 3.05) is 11.5 Å². The summed E-state index contributed by atoms with van der Waals surface area (Å²) in [5.41, 5.74) is 3.72. The van der Waals surface area contributed by atoms with E-state index in [2.05, 4.69) is 11.9 Å². The number of carboxylic acid groups (broad SMARTS) is 2. The largest absolute Gasteiger partial charge is 0.478 e. The van der Waals surface area contributed by atoms with E-state index in [0.29, 0.717) is 5.56 Å². The molecular weight excluding hydrogens is 344 g/mol. The van der Waals surface area contributed by atoms with Crippen LogP contribution in [0.15, 0.2) is 34.0 Å². The van der Waals surface area contributed by atoms with Gasteiger partial charge in [-0.2, -0.15) is 0 Å². The third kappa shape index (κ3) is 4.03. The predicted molar refractivity (Wildman–Crippen MR) is 96.5 cm³/mol. The van der Waals surface area contributed by atoms with Gasteiger partial charge in [-0.15, -0.1) is 11.8 Å². The molecule has 0 amide bonds. The normalized spacial score (nSPS) is 10.6. The van der Waals surface area contributed by atoms with Crippen LogP contribution in [0.3, 0.4) is 0 Å². The molecule has 0 atom stereocenters. The summed E-state index contributed by atoms with van der Waals surface area (Å²) in [6.45, 7) is 2.10. The molecule has 0 aliphatic carbocycles. The van der Waals surface area contributed by atoms with Gasteiger partial charge in [0.15, 0.2) is 0 Å². The van der Waals surface area contributed by atoms with Gasteiger partial charge >= 0.3 is 11.9 Å². The van der Waals surface area contributed by atoms with Gasteiger partial charge < -0.3 is 20.9 Å². The second-order valence-electron chi connectivity index (χ2n) is 5.33. The number of hydrogen-bond donors (Lipinski definition) is 4. The number of thioether (sulfide) groups is 1. The van der Waals surface area contributed by atoms with E-state index >= 15 is 0 Å². The van der Waals surface area contributed by atoms with Crippen LogP contribution in [0.5, 0.6) is 0 Å². The maximum Gasteiger partial charge on any atom is 0.342 e. The van der Waals surface area contributed by atoms with E-state index in [1.807, 2.05) is 0 Å². The Bertz CT molecular complexity index is 859.